The Labute approximate surface area is 177 Å². The van der Waals surface area contributed by atoms with E-state index in [1.807, 2.05) is 24.3 Å². The highest BCUT2D eigenvalue weighted by Gasteiger charge is 2.31. The lowest BCUT2D eigenvalue weighted by Crippen LogP contribution is -2.37. The number of ether oxygens (including phenoxy) is 2. The maximum atomic E-state index is 12.8. The largest absolute Gasteiger partial charge is 0.573 e. The molecule has 3 aromatic rings. The topological polar surface area (TPSA) is 51.7 Å². The van der Waals surface area contributed by atoms with Gasteiger partial charge in [0.05, 0.1) is 12.6 Å². The van der Waals surface area contributed by atoms with Crippen LogP contribution in [0.2, 0.25) is 0 Å². The monoisotopic (exact) mass is 430 g/mol. The number of carbonyl (C=O) groups is 1. The van der Waals surface area contributed by atoms with Gasteiger partial charge < -0.3 is 14.4 Å². The predicted molar refractivity (Wildman–Crippen MR) is 109 cm³/mol. The Morgan fingerprint density at radius 3 is 2.35 bits per heavy atom. The summed E-state index contributed by atoms with van der Waals surface area (Å²) >= 11 is 0. The number of hydrogen-bond donors (Lipinski definition) is 0. The number of aromatic nitrogens is 1. The summed E-state index contributed by atoms with van der Waals surface area (Å²) in [6.45, 7) is 1.15. The summed E-state index contributed by atoms with van der Waals surface area (Å²) in [4.78, 5) is 18.9. The molecule has 0 bridgehead atoms. The zero-order valence-electron chi connectivity index (χ0n) is 16.9. The van der Waals surface area contributed by atoms with E-state index in [1.54, 1.807) is 18.2 Å². The molecule has 0 saturated carbocycles. The summed E-state index contributed by atoms with van der Waals surface area (Å²) in [5.41, 5.74) is 2.42. The van der Waals surface area contributed by atoms with Crippen LogP contribution >= 0.6 is 0 Å². The van der Waals surface area contributed by atoms with Crippen molar-refractivity contribution in [3.05, 3.63) is 65.9 Å². The van der Waals surface area contributed by atoms with Crippen molar-refractivity contribution in [2.45, 2.75) is 25.1 Å². The fraction of sp³-hybridized carbons (Fsp3) is 0.304. The van der Waals surface area contributed by atoms with Gasteiger partial charge in [0.25, 0.3) is 5.91 Å². The minimum atomic E-state index is -4.75. The molecule has 0 N–H and O–H groups in total. The first-order valence-electron chi connectivity index (χ1n) is 9.92. The van der Waals surface area contributed by atoms with Crippen molar-refractivity contribution in [3.8, 4) is 11.5 Å². The lowest BCUT2D eigenvalue weighted by atomic mass is 9.87. The molecule has 0 spiro atoms. The Morgan fingerprint density at radius 1 is 1.03 bits per heavy atom. The van der Waals surface area contributed by atoms with Gasteiger partial charge >= 0.3 is 6.36 Å². The molecule has 0 unspecified atom stereocenters. The van der Waals surface area contributed by atoms with Crippen molar-refractivity contribution in [2.75, 3.05) is 20.2 Å². The minimum Gasteiger partial charge on any atom is -0.497 e. The van der Waals surface area contributed by atoms with Gasteiger partial charge in [0, 0.05) is 36.3 Å². The summed E-state index contributed by atoms with van der Waals surface area (Å²) in [7, 11) is 1.62. The van der Waals surface area contributed by atoms with Crippen LogP contribution in [0.25, 0.3) is 10.9 Å². The number of halogens is 3. The summed E-state index contributed by atoms with van der Waals surface area (Å²) in [5, 5.41) is 1.08. The maximum absolute atomic E-state index is 12.8. The number of pyridine rings is 1. The zero-order chi connectivity index (χ0) is 22.0. The van der Waals surface area contributed by atoms with Crippen molar-refractivity contribution in [1.29, 1.82) is 0 Å². The quantitative estimate of drug-likeness (QED) is 0.574. The standard InChI is InChI=1S/C23H21F3N2O3/c1-30-18-6-7-20-19(8-11-27-21(20)14-18)15-9-12-28(13-10-15)22(29)16-2-4-17(5-3-16)31-23(24,25)26/h2-8,11,14-15H,9-10,12-13H2,1H3. The number of likely N-dealkylation sites (tertiary alicyclic amines) is 1. The van der Waals surface area contributed by atoms with Crippen LogP contribution < -0.4 is 9.47 Å². The lowest BCUT2D eigenvalue weighted by molar-refractivity contribution is -0.274. The SMILES string of the molecule is COc1ccc2c(C3CCN(C(=O)c4ccc(OC(F)(F)F)cc4)CC3)ccnc2c1. The van der Waals surface area contributed by atoms with E-state index in [1.165, 1.54) is 17.7 Å². The highest BCUT2D eigenvalue weighted by atomic mass is 19.4. The van der Waals surface area contributed by atoms with Gasteiger partial charge in [-0.1, -0.05) is 0 Å². The van der Waals surface area contributed by atoms with Crippen molar-refractivity contribution in [2.24, 2.45) is 0 Å². The molecule has 4 rings (SSSR count). The van der Waals surface area contributed by atoms with Gasteiger partial charge in [-0.2, -0.15) is 0 Å². The molecule has 162 valence electrons. The van der Waals surface area contributed by atoms with E-state index < -0.39 is 6.36 Å². The maximum Gasteiger partial charge on any atom is 0.573 e. The van der Waals surface area contributed by atoms with E-state index in [4.69, 9.17) is 4.74 Å². The molecule has 1 aromatic heterocycles. The molecule has 1 amide bonds. The summed E-state index contributed by atoms with van der Waals surface area (Å²) in [6, 6.07) is 12.9. The fourth-order valence-electron chi connectivity index (χ4n) is 4.01. The molecular formula is C23H21F3N2O3. The fourth-order valence-corrected chi connectivity index (χ4v) is 4.01. The minimum absolute atomic E-state index is 0.193. The number of benzene rings is 2. The van der Waals surface area contributed by atoms with Crippen molar-refractivity contribution >= 4 is 16.8 Å². The highest BCUT2D eigenvalue weighted by Crippen LogP contribution is 2.34. The van der Waals surface area contributed by atoms with E-state index in [0.29, 0.717) is 24.6 Å². The molecule has 0 atom stereocenters. The van der Waals surface area contributed by atoms with Crippen molar-refractivity contribution in [3.63, 3.8) is 0 Å². The van der Waals surface area contributed by atoms with Gasteiger partial charge in [0.2, 0.25) is 0 Å². The first kappa shape index (κ1) is 21.0. The van der Waals surface area contributed by atoms with E-state index in [9.17, 15) is 18.0 Å². The van der Waals surface area contributed by atoms with Gasteiger partial charge in [-0.15, -0.1) is 13.2 Å². The number of amides is 1. The number of nitrogens with zero attached hydrogens (tertiary/aromatic N) is 2. The number of methoxy groups -OCH3 is 1. The van der Waals surface area contributed by atoms with Crippen molar-refractivity contribution in [1.82, 2.24) is 9.88 Å². The molecule has 2 heterocycles. The molecule has 1 fully saturated rings. The molecule has 1 aliphatic rings. The Kier molecular flexibility index (Phi) is 5.71. The lowest BCUT2D eigenvalue weighted by Gasteiger charge is -2.32. The second-order valence-corrected chi connectivity index (χ2v) is 7.42. The summed E-state index contributed by atoms with van der Waals surface area (Å²) in [6.07, 6.45) is -1.37. The predicted octanol–water partition coefficient (Wildman–Crippen LogP) is 5.16. The normalized spacial score (nSPS) is 15.2. The Balaban J connectivity index is 1.43. The molecular weight excluding hydrogens is 409 g/mol. The first-order chi connectivity index (χ1) is 14.8. The summed E-state index contributed by atoms with van der Waals surface area (Å²) in [5.74, 6) is 0.514. The van der Waals surface area contributed by atoms with E-state index in [2.05, 4.69) is 9.72 Å². The van der Waals surface area contributed by atoms with Gasteiger partial charge in [-0.05, 0) is 66.8 Å². The third kappa shape index (κ3) is 4.73. The Morgan fingerprint density at radius 2 is 1.71 bits per heavy atom. The van der Waals surface area contributed by atoms with Crippen LogP contribution in [0.1, 0.15) is 34.7 Å². The number of rotatable bonds is 4. The van der Waals surface area contributed by atoms with Crippen LogP contribution in [-0.2, 0) is 0 Å². The van der Waals surface area contributed by atoms with E-state index in [0.717, 1.165) is 41.6 Å². The molecule has 2 aromatic carbocycles. The second-order valence-electron chi connectivity index (χ2n) is 7.42. The van der Waals surface area contributed by atoms with Crippen LogP contribution in [0.15, 0.2) is 54.7 Å². The molecule has 1 saturated heterocycles. The van der Waals surface area contributed by atoms with Crippen LogP contribution in [0, 0.1) is 0 Å². The van der Waals surface area contributed by atoms with Crippen LogP contribution in [-0.4, -0.2) is 42.4 Å². The Bertz CT molecular complexity index is 1080. The smallest absolute Gasteiger partial charge is 0.497 e. The van der Waals surface area contributed by atoms with Crippen LogP contribution in [0.5, 0.6) is 11.5 Å². The average molecular weight is 430 g/mol. The average Bonchev–Trinajstić information content (AvgIpc) is 2.77. The zero-order valence-corrected chi connectivity index (χ0v) is 16.9. The van der Waals surface area contributed by atoms with Crippen molar-refractivity contribution < 1.29 is 27.4 Å². The van der Waals surface area contributed by atoms with Crippen LogP contribution in [0.4, 0.5) is 13.2 Å². The number of carbonyl (C=O) groups excluding carboxylic acids is 1. The molecule has 5 nitrogen and oxygen atoms in total. The molecule has 31 heavy (non-hydrogen) atoms. The molecule has 0 aliphatic carbocycles. The first-order valence-corrected chi connectivity index (χ1v) is 9.92. The number of fused-ring (bicyclic) bond motifs is 1. The Hall–Kier alpha value is -3.29. The molecule has 8 heteroatoms. The van der Waals surface area contributed by atoms with Gasteiger partial charge in [0.15, 0.2) is 0 Å². The van der Waals surface area contributed by atoms with Gasteiger partial charge in [0.1, 0.15) is 11.5 Å². The molecule has 1 aliphatic heterocycles. The highest BCUT2D eigenvalue weighted by molar-refractivity contribution is 5.94. The molecule has 0 radical (unpaired) electrons. The van der Waals surface area contributed by atoms with Gasteiger partial charge in [-0.3, -0.25) is 9.78 Å². The third-order valence-electron chi connectivity index (χ3n) is 5.54. The van der Waals surface area contributed by atoms with Crippen LogP contribution in [0.3, 0.4) is 0 Å². The summed E-state index contributed by atoms with van der Waals surface area (Å²) < 4.78 is 46.0. The number of piperidine rings is 1. The second kappa shape index (κ2) is 8.45. The van der Waals surface area contributed by atoms with E-state index >= 15 is 0 Å². The van der Waals surface area contributed by atoms with E-state index in [-0.39, 0.29) is 11.7 Å². The number of hydrogen-bond acceptors (Lipinski definition) is 4. The number of alkyl halides is 3. The third-order valence-corrected chi connectivity index (χ3v) is 5.54. The van der Waals surface area contributed by atoms with Gasteiger partial charge in [-0.25, -0.2) is 0 Å².